The molecule has 0 spiro atoms. The van der Waals surface area contributed by atoms with E-state index in [-0.39, 0.29) is 17.0 Å². The van der Waals surface area contributed by atoms with Gasteiger partial charge in [-0.2, -0.15) is 13.2 Å². The van der Waals surface area contributed by atoms with E-state index >= 15 is 0 Å². The van der Waals surface area contributed by atoms with E-state index in [1.54, 1.807) is 18.2 Å². The fourth-order valence-electron chi connectivity index (χ4n) is 1.98. The maximum Gasteiger partial charge on any atom is 0.420 e. The monoisotopic (exact) mass is 274 g/mol. The second-order valence-corrected chi connectivity index (χ2v) is 4.05. The number of hydrogen-bond acceptors (Lipinski definition) is 1. The summed E-state index contributed by atoms with van der Waals surface area (Å²) in [5, 5.41) is 0.612. The van der Waals surface area contributed by atoms with Crippen LogP contribution in [0.1, 0.15) is 11.1 Å². The molecule has 18 heavy (non-hydrogen) atoms. The summed E-state index contributed by atoms with van der Waals surface area (Å²) < 4.78 is 44.1. The first kappa shape index (κ1) is 13.0. The molecule has 0 atom stereocenters. The minimum absolute atomic E-state index is 0.111. The molecule has 0 heterocycles. The third-order valence-electron chi connectivity index (χ3n) is 2.76. The number of rotatable bonds is 2. The topological polar surface area (TPSA) is 9.23 Å². The van der Waals surface area contributed by atoms with Gasteiger partial charge in [-0.05, 0) is 22.4 Å². The van der Waals surface area contributed by atoms with Crippen molar-refractivity contribution < 1.29 is 17.9 Å². The highest BCUT2D eigenvalue weighted by Crippen LogP contribution is 2.41. The van der Waals surface area contributed by atoms with Crippen LogP contribution >= 0.6 is 11.6 Å². The lowest BCUT2D eigenvalue weighted by Gasteiger charge is -2.15. The lowest BCUT2D eigenvalue weighted by atomic mass is 9.99. The Hall–Kier alpha value is -1.42. The van der Waals surface area contributed by atoms with Crippen molar-refractivity contribution in [2.24, 2.45) is 0 Å². The van der Waals surface area contributed by atoms with Crippen molar-refractivity contribution in [3.8, 4) is 5.75 Å². The third kappa shape index (κ3) is 2.12. The fourth-order valence-corrected chi connectivity index (χ4v) is 2.22. The Morgan fingerprint density at radius 2 is 1.83 bits per heavy atom. The molecule has 0 N–H and O–H groups in total. The highest BCUT2D eigenvalue weighted by Gasteiger charge is 2.36. The summed E-state index contributed by atoms with van der Waals surface area (Å²) in [5.41, 5.74) is -0.0863. The quantitative estimate of drug-likeness (QED) is 0.727. The van der Waals surface area contributed by atoms with Crippen LogP contribution in [0.3, 0.4) is 0 Å². The molecule has 96 valence electrons. The van der Waals surface area contributed by atoms with Crippen LogP contribution < -0.4 is 4.74 Å². The van der Waals surface area contributed by atoms with Crippen molar-refractivity contribution in [3.05, 3.63) is 41.5 Å². The Morgan fingerprint density at radius 1 is 1.11 bits per heavy atom. The number of fused-ring (bicyclic) bond motifs is 1. The van der Waals surface area contributed by atoms with Crippen molar-refractivity contribution in [3.63, 3.8) is 0 Å². The number of halogens is 4. The summed E-state index contributed by atoms with van der Waals surface area (Å²) in [6.07, 6.45) is -4.46. The van der Waals surface area contributed by atoms with E-state index in [4.69, 9.17) is 16.3 Å². The molecular formula is C13H10ClF3O. The summed E-state index contributed by atoms with van der Waals surface area (Å²) in [4.78, 5) is 0. The molecule has 0 bridgehead atoms. The summed E-state index contributed by atoms with van der Waals surface area (Å²) in [6.45, 7) is 0. The molecule has 2 rings (SSSR count). The van der Waals surface area contributed by atoms with Crippen LogP contribution in [0.15, 0.2) is 30.3 Å². The Labute approximate surface area is 107 Å². The van der Waals surface area contributed by atoms with Gasteiger partial charge in [-0.1, -0.05) is 24.3 Å². The molecule has 5 heteroatoms. The fraction of sp³-hybridized carbons (Fsp3) is 0.231. The first-order chi connectivity index (χ1) is 8.49. The summed E-state index contributed by atoms with van der Waals surface area (Å²) in [6, 6.07) is 7.62. The van der Waals surface area contributed by atoms with E-state index in [0.717, 1.165) is 0 Å². The number of alkyl halides is 4. The van der Waals surface area contributed by atoms with Gasteiger partial charge in [0, 0.05) is 5.88 Å². The van der Waals surface area contributed by atoms with Gasteiger partial charge in [0.1, 0.15) is 11.3 Å². The second kappa shape index (κ2) is 4.69. The highest BCUT2D eigenvalue weighted by molar-refractivity contribution is 6.18. The first-order valence-electron chi connectivity index (χ1n) is 5.20. The molecule has 1 nitrogen and oxygen atoms in total. The lowest BCUT2D eigenvalue weighted by Crippen LogP contribution is -2.08. The molecule has 0 saturated carbocycles. The van der Waals surface area contributed by atoms with E-state index in [2.05, 4.69) is 0 Å². The van der Waals surface area contributed by atoms with Crippen molar-refractivity contribution in [1.29, 1.82) is 0 Å². The van der Waals surface area contributed by atoms with Crippen LogP contribution in [0.2, 0.25) is 0 Å². The lowest BCUT2D eigenvalue weighted by molar-refractivity contribution is -0.137. The zero-order chi connectivity index (χ0) is 13.3. The maximum atomic E-state index is 13.1. The number of hydrogen-bond donors (Lipinski definition) is 0. The average molecular weight is 275 g/mol. The summed E-state index contributed by atoms with van der Waals surface area (Å²) in [7, 11) is 1.22. The molecular weight excluding hydrogens is 265 g/mol. The van der Waals surface area contributed by atoms with Crippen molar-refractivity contribution in [2.75, 3.05) is 7.11 Å². The molecule has 2 aromatic rings. The van der Waals surface area contributed by atoms with Crippen LogP contribution in [0.25, 0.3) is 10.8 Å². The maximum absolute atomic E-state index is 13.1. The van der Waals surface area contributed by atoms with Gasteiger partial charge in [-0.3, -0.25) is 0 Å². The van der Waals surface area contributed by atoms with Gasteiger partial charge in [-0.15, -0.1) is 11.6 Å². The Morgan fingerprint density at radius 3 is 2.39 bits per heavy atom. The van der Waals surface area contributed by atoms with Crippen LogP contribution in [0.4, 0.5) is 13.2 Å². The highest BCUT2D eigenvalue weighted by atomic mass is 35.5. The zero-order valence-electron chi connectivity index (χ0n) is 9.51. The summed E-state index contributed by atoms with van der Waals surface area (Å²) >= 11 is 5.73. The summed E-state index contributed by atoms with van der Waals surface area (Å²) in [5.74, 6) is -0.0113. The average Bonchev–Trinajstić information content (AvgIpc) is 2.35. The van der Waals surface area contributed by atoms with Crippen molar-refractivity contribution in [2.45, 2.75) is 12.1 Å². The van der Waals surface area contributed by atoms with Crippen LogP contribution in [0.5, 0.6) is 5.75 Å². The normalized spacial score (nSPS) is 11.8. The number of benzene rings is 2. The molecule has 2 aromatic carbocycles. The van der Waals surface area contributed by atoms with Gasteiger partial charge < -0.3 is 4.74 Å². The second-order valence-electron chi connectivity index (χ2n) is 3.79. The molecule has 0 aliphatic carbocycles. The van der Waals surface area contributed by atoms with Gasteiger partial charge in [0.25, 0.3) is 0 Å². The molecule has 0 radical (unpaired) electrons. The minimum atomic E-state index is -4.46. The van der Waals surface area contributed by atoms with Crippen LogP contribution in [-0.4, -0.2) is 7.11 Å². The van der Waals surface area contributed by atoms with Gasteiger partial charge >= 0.3 is 6.18 Å². The number of methoxy groups -OCH3 is 1. The standard InChI is InChI=1S/C13H10ClF3O/c1-18-11-6-5-9-8(7-14)3-2-4-10(9)12(11)13(15,16)17/h2-6H,7H2,1H3. The SMILES string of the molecule is COc1ccc2c(CCl)cccc2c1C(F)(F)F. The van der Waals surface area contributed by atoms with E-state index in [0.29, 0.717) is 10.9 Å². The number of ether oxygens (including phenoxy) is 1. The van der Waals surface area contributed by atoms with E-state index in [1.807, 2.05) is 0 Å². The van der Waals surface area contributed by atoms with Crippen LogP contribution in [0, 0.1) is 0 Å². The molecule has 0 saturated heterocycles. The molecule has 0 amide bonds. The Bertz CT molecular complexity index is 578. The molecule has 0 aliphatic rings. The predicted octanol–water partition coefficient (Wildman–Crippen LogP) is 4.61. The first-order valence-corrected chi connectivity index (χ1v) is 5.74. The van der Waals surface area contributed by atoms with E-state index in [9.17, 15) is 13.2 Å². The minimum Gasteiger partial charge on any atom is -0.496 e. The van der Waals surface area contributed by atoms with Gasteiger partial charge in [0.15, 0.2) is 0 Å². The van der Waals surface area contributed by atoms with E-state index in [1.165, 1.54) is 19.2 Å². The van der Waals surface area contributed by atoms with Gasteiger partial charge in [-0.25, -0.2) is 0 Å². The van der Waals surface area contributed by atoms with Crippen molar-refractivity contribution in [1.82, 2.24) is 0 Å². The predicted molar refractivity (Wildman–Crippen MR) is 65.1 cm³/mol. The molecule has 0 unspecified atom stereocenters. The molecule has 0 aliphatic heterocycles. The zero-order valence-corrected chi connectivity index (χ0v) is 10.3. The van der Waals surface area contributed by atoms with E-state index < -0.39 is 11.7 Å². The Balaban J connectivity index is 2.87. The smallest absolute Gasteiger partial charge is 0.420 e. The van der Waals surface area contributed by atoms with Gasteiger partial charge in [0.2, 0.25) is 0 Å². The van der Waals surface area contributed by atoms with Crippen LogP contribution in [-0.2, 0) is 12.1 Å². The third-order valence-corrected chi connectivity index (χ3v) is 3.05. The van der Waals surface area contributed by atoms with Crippen molar-refractivity contribution >= 4 is 22.4 Å². The molecule has 0 aromatic heterocycles. The Kier molecular flexibility index (Phi) is 3.39. The molecule has 0 fully saturated rings. The largest absolute Gasteiger partial charge is 0.496 e. The van der Waals surface area contributed by atoms with Gasteiger partial charge in [0.05, 0.1) is 7.11 Å².